The Kier molecular flexibility index (Phi) is 3.43. The van der Waals surface area contributed by atoms with E-state index < -0.39 is 11.7 Å². The molecule has 1 aliphatic carbocycles. The average Bonchev–Trinajstić information content (AvgIpc) is 2.76. The number of alkyl halides is 3. The molecule has 0 aliphatic heterocycles. The molecule has 6 heteroatoms. The van der Waals surface area contributed by atoms with E-state index in [4.69, 9.17) is 0 Å². The van der Waals surface area contributed by atoms with Gasteiger partial charge < -0.3 is 4.57 Å². The minimum absolute atomic E-state index is 0.372. The van der Waals surface area contributed by atoms with Gasteiger partial charge in [-0.3, -0.25) is 0 Å². The molecule has 0 bridgehead atoms. The van der Waals surface area contributed by atoms with E-state index in [1.54, 1.807) is 0 Å². The van der Waals surface area contributed by atoms with Crippen molar-refractivity contribution in [3.8, 4) is 0 Å². The van der Waals surface area contributed by atoms with Crippen LogP contribution in [-0.2, 0) is 13.2 Å². The summed E-state index contributed by atoms with van der Waals surface area (Å²) in [6.45, 7) is 0. The van der Waals surface area contributed by atoms with Gasteiger partial charge in [-0.25, -0.2) is 4.98 Å². The van der Waals surface area contributed by atoms with E-state index in [9.17, 15) is 13.2 Å². The lowest BCUT2D eigenvalue weighted by atomic mass is 10.0. The molecule has 0 radical (unpaired) electrons. The van der Waals surface area contributed by atoms with Crippen molar-refractivity contribution in [2.75, 3.05) is 0 Å². The summed E-state index contributed by atoms with van der Waals surface area (Å²) in [7, 11) is 1.83. The number of hydrogen-bond acceptors (Lipinski definition) is 1. The Morgan fingerprint density at radius 1 is 1.19 bits per heavy atom. The van der Waals surface area contributed by atoms with Gasteiger partial charge in [0.25, 0.3) is 0 Å². The maximum Gasteiger partial charge on any atom is 0.416 e. The minimum Gasteiger partial charge on any atom is -0.327 e. The highest BCUT2D eigenvalue weighted by atomic mass is 79.9. The predicted octanol–water partition coefficient (Wildman–Crippen LogP) is 5.05. The second-order valence-electron chi connectivity index (χ2n) is 5.00. The third kappa shape index (κ3) is 2.64. The first kappa shape index (κ1) is 14.4. The molecule has 0 N–H and O–H groups in total. The van der Waals surface area contributed by atoms with E-state index >= 15 is 0 Å². The smallest absolute Gasteiger partial charge is 0.327 e. The second-order valence-corrected chi connectivity index (χ2v) is 6.02. The van der Waals surface area contributed by atoms with Crippen LogP contribution in [0.5, 0.6) is 0 Å². The van der Waals surface area contributed by atoms with Crippen LogP contribution in [0.25, 0.3) is 16.6 Å². The third-order valence-corrected chi connectivity index (χ3v) is 4.25. The van der Waals surface area contributed by atoms with E-state index in [1.165, 1.54) is 6.07 Å². The molecule has 0 unspecified atom stereocenters. The van der Waals surface area contributed by atoms with Crippen molar-refractivity contribution < 1.29 is 13.2 Å². The number of rotatable bonds is 1. The van der Waals surface area contributed by atoms with Crippen molar-refractivity contribution >= 4 is 32.5 Å². The molecule has 0 saturated carbocycles. The molecule has 3 rings (SSSR count). The maximum atomic E-state index is 12.8. The molecule has 1 heterocycles. The van der Waals surface area contributed by atoms with Crippen molar-refractivity contribution in [3.05, 3.63) is 46.2 Å². The predicted molar refractivity (Wildman–Crippen MR) is 79.9 cm³/mol. The molecule has 1 aromatic heterocycles. The molecule has 0 spiro atoms. The van der Waals surface area contributed by atoms with Gasteiger partial charge in [0.2, 0.25) is 0 Å². The fourth-order valence-corrected chi connectivity index (χ4v) is 2.79. The monoisotopic (exact) mass is 356 g/mol. The first-order valence-electron chi connectivity index (χ1n) is 6.45. The Morgan fingerprint density at radius 3 is 2.57 bits per heavy atom. The molecule has 2 nitrogen and oxygen atoms in total. The molecule has 0 amide bonds. The Balaban J connectivity index is 2.12. The second kappa shape index (κ2) is 5.02. The molecule has 0 fully saturated rings. The van der Waals surface area contributed by atoms with Gasteiger partial charge in [0.15, 0.2) is 0 Å². The number of fused-ring (bicyclic) bond motifs is 1. The van der Waals surface area contributed by atoms with Gasteiger partial charge in [0, 0.05) is 7.05 Å². The molecule has 21 heavy (non-hydrogen) atoms. The summed E-state index contributed by atoms with van der Waals surface area (Å²) in [4.78, 5) is 4.39. The molecule has 1 aromatic carbocycles. The van der Waals surface area contributed by atoms with Crippen LogP contribution < -0.4 is 0 Å². The number of nitrogens with zero attached hydrogens (tertiary/aromatic N) is 2. The number of hydrogen-bond donors (Lipinski definition) is 0. The van der Waals surface area contributed by atoms with Crippen molar-refractivity contribution in [1.82, 2.24) is 9.55 Å². The van der Waals surface area contributed by atoms with Crippen LogP contribution in [0.4, 0.5) is 13.2 Å². The van der Waals surface area contributed by atoms with Gasteiger partial charge in [-0.15, -0.1) is 0 Å². The Hall–Kier alpha value is -1.56. The van der Waals surface area contributed by atoms with E-state index in [-0.39, 0.29) is 0 Å². The van der Waals surface area contributed by atoms with Gasteiger partial charge in [-0.1, -0.05) is 28.1 Å². The van der Waals surface area contributed by atoms with E-state index in [0.29, 0.717) is 11.0 Å². The first-order chi connectivity index (χ1) is 9.86. The van der Waals surface area contributed by atoms with Gasteiger partial charge in [-0.2, -0.15) is 13.2 Å². The van der Waals surface area contributed by atoms with Gasteiger partial charge in [0.05, 0.1) is 16.6 Å². The number of aromatic nitrogens is 2. The summed E-state index contributed by atoms with van der Waals surface area (Å²) in [5.74, 6) is 0.723. The van der Waals surface area contributed by atoms with Crippen LogP contribution in [0, 0.1) is 0 Å². The van der Waals surface area contributed by atoms with Crippen LogP contribution in [-0.4, -0.2) is 9.55 Å². The van der Waals surface area contributed by atoms with Crippen molar-refractivity contribution in [3.63, 3.8) is 0 Å². The minimum atomic E-state index is -4.34. The van der Waals surface area contributed by atoms with Gasteiger partial charge in [0.1, 0.15) is 5.82 Å². The number of imidazole rings is 1. The lowest BCUT2D eigenvalue weighted by molar-refractivity contribution is -0.137. The fraction of sp³-hybridized carbons (Fsp3) is 0.267. The molecule has 0 saturated heterocycles. The summed E-state index contributed by atoms with van der Waals surface area (Å²) in [6.07, 6.45) is 1.27. The van der Waals surface area contributed by atoms with E-state index in [2.05, 4.69) is 20.9 Å². The number of halogens is 4. The van der Waals surface area contributed by atoms with Gasteiger partial charge >= 0.3 is 6.18 Å². The quantitative estimate of drug-likeness (QED) is 0.699. The molecular formula is C15H12BrF3N2. The summed E-state index contributed by atoms with van der Waals surface area (Å²) >= 11 is 3.44. The van der Waals surface area contributed by atoms with Crippen LogP contribution in [0.1, 0.15) is 24.2 Å². The lowest BCUT2D eigenvalue weighted by Gasteiger charge is -2.11. The molecular weight excluding hydrogens is 345 g/mol. The van der Waals surface area contributed by atoms with Crippen molar-refractivity contribution in [2.45, 2.75) is 19.0 Å². The van der Waals surface area contributed by atoms with Crippen LogP contribution >= 0.6 is 15.9 Å². The number of aryl methyl sites for hydroxylation is 1. The highest BCUT2D eigenvalue weighted by molar-refractivity contribution is 9.11. The summed E-state index contributed by atoms with van der Waals surface area (Å²) in [5.41, 5.74) is 1.44. The fourth-order valence-electron chi connectivity index (χ4n) is 2.46. The highest BCUT2D eigenvalue weighted by Gasteiger charge is 2.31. The average molecular weight is 357 g/mol. The number of allylic oxidation sites excluding steroid dienone is 4. The Morgan fingerprint density at radius 2 is 1.95 bits per heavy atom. The van der Waals surface area contributed by atoms with Crippen molar-refractivity contribution in [2.24, 2.45) is 7.05 Å². The van der Waals surface area contributed by atoms with Crippen LogP contribution in [0.3, 0.4) is 0 Å². The summed E-state index contributed by atoms with van der Waals surface area (Å²) in [5, 5.41) is 0. The van der Waals surface area contributed by atoms with Gasteiger partial charge in [-0.05, 0) is 41.1 Å². The first-order valence-corrected chi connectivity index (χ1v) is 7.25. The third-order valence-electron chi connectivity index (χ3n) is 3.59. The topological polar surface area (TPSA) is 17.8 Å². The largest absolute Gasteiger partial charge is 0.416 e. The van der Waals surface area contributed by atoms with E-state index in [0.717, 1.165) is 40.9 Å². The standard InChI is InChI=1S/C15H12BrF3N2/c1-21-13-7-4-10(15(17,18)19)8-12(13)20-14(21)9-2-5-11(16)6-3-9/h2,4-5,7-8H,3,6H2,1H3. The van der Waals surface area contributed by atoms with E-state index in [1.807, 2.05) is 23.8 Å². The lowest BCUT2D eigenvalue weighted by Crippen LogP contribution is -2.04. The van der Waals surface area contributed by atoms with Crippen LogP contribution in [0.15, 0.2) is 34.8 Å². The zero-order valence-corrected chi connectivity index (χ0v) is 12.8. The Labute approximate surface area is 128 Å². The van der Waals surface area contributed by atoms with Crippen molar-refractivity contribution in [1.29, 1.82) is 0 Å². The normalized spacial score (nSPS) is 16.0. The zero-order valence-electron chi connectivity index (χ0n) is 11.2. The Bertz CT molecular complexity index is 769. The maximum absolute atomic E-state index is 12.8. The molecule has 1 aliphatic rings. The molecule has 0 atom stereocenters. The SMILES string of the molecule is Cn1c(C2=CC=C(Br)CC2)nc2cc(C(F)(F)F)ccc21. The summed E-state index contributed by atoms with van der Waals surface area (Å²) in [6, 6.07) is 3.68. The zero-order chi connectivity index (χ0) is 15.2. The molecule has 110 valence electrons. The highest BCUT2D eigenvalue weighted by Crippen LogP contribution is 2.33. The number of benzene rings is 1. The van der Waals surface area contributed by atoms with Crippen LogP contribution in [0.2, 0.25) is 0 Å². The summed E-state index contributed by atoms with van der Waals surface area (Å²) < 4.78 is 41.2. The molecule has 2 aromatic rings.